The highest BCUT2D eigenvalue weighted by Crippen LogP contribution is 2.26. The number of pyridine rings is 1. The second kappa shape index (κ2) is 10.1. The molecule has 0 atom stereocenters. The number of hydrogen-bond donors (Lipinski definition) is 1. The summed E-state index contributed by atoms with van der Waals surface area (Å²) in [5.74, 6) is -0.365. The van der Waals surface area contributed by atoms with Crippen molar-refractivity contribution in [2.24, 2.45) is 0 Å². The number of aromatic nitrogens is 1. The molecule has 0 aliphatic heterocycles. The van der Waals surface area contributed by atoms with E-state index >= 15 is 0 Å². The van der Waals surface area contributed by atoms with Gasteiger partial charge in [0, 0.05) is 18.0 Å². The fourth-order valence-corrected chi connectivity index (χ4v) is 1.89. The molecule has 4 heteroatoms. The molecular weight excluding hydrogens is 314 g/mol. The van der Waals surface area contributed by atoms with E-state index in [9.17, 15) is 9.90 Å². The van der Waals surface area contributed by atoms with Crippen molar-refractivity contribution in [3.05, 3.63) is 71.6 Å². The number of rotatable bonds is 4. The molecule has 0 bridgehead atoms. The van der Waals surface area contributed by atoms with E-state index in [-0.39, 0.29) is 11.5 Å². The molecular formula is C21H25NO3. The Bertz CT molecular complexity index is 749. The van der Waals surface area contributed by atoms with Crippen LogP contribution in [0.25, 0.3) is 11.8 Å². The SMILES string of the molecule is C=C(OC(=O)/C(C)=C/c1ccncc1)c1cc(C)ccc1O.CCC. The molecule has 25 heavy (non-hydrogen) atoms. The van der Waals surface area contributed by atoms with Gasteiger partial charge in [-0.3, -0.25) is 4.98 Å². The lowest BCUT2D eigenvalue weighted by Crippen LogP contribution is -2.05. The van der Waals surface area contributed by atoms with Crippen LogP contribution in [0.1, 0.15) is 43.9 Å². The Labute approximate surface area is 149 Å². The van der Waals surface area contributed by atoms with Crippen LogP contribution < -0.4 is 0 Å². The third kappa shape index (κ3) is 6.63. The highest BCUT2D eigenvalue weighted by Gasteiger charge is 2.13. The first-order valence-corrected chi connectivity index (χ1v) is 8.18. The number of esters is 1. The number of benzene rings is 1. The van der Waals surface area contributed by atoms with Crippen LogP contribution in [0.15, 0.2) is 54.9 Å². The van der Waals surface area contributed by atoms with Crippen molar-refractivity contribution in [3.8, 4) is 5.75 Å². The Hall–Kier alpha value is -2.88. The molecule has 2 aromatic rings. The third-order valence-corrected chi connectivity index (χ3v) is 3.08. The minimum atomic E-state index is -0.511. The fraction of sp³-hybridized carbons (Fsp3) is 0.238. The quantitative estimate of drug-likeness (QED) is 0.476. The second-order valence-corrected chi connectivity index (χ2v) is 5.65. The van der Waals surface area contributed by atoms with Crippen molar-refractivity contribution in [3.63, 3.8) is 0 Å². The zero-order chi connectivity index (χ0) is 18.8. The van der Waals surface area contributed by atoms with Gasteiger partial charge < -0.3 is 9.84 Å². The van der Waals surface area contributed by atoms with Crippen LogP contribution in [0.5, 0.6) is 5.75 Å². The maximum atomic E-state index is 12.1. The summed E-state index contributed by atoms with van der Waals surface area (Å²) in [6.07, 6.45) is 6.25. The van der Waals surface area contributed by atoms with E-state index in [2.05, 4.69) is 25.4 Å². The highest BCUT2D eigenvalue weighted by atomic mass is 16.5. The number of carbonyl (C=O) groups is 1. The van der Waals surface area contributed by atoms with E-state index in [0.29, 0.717) is 11.1 Å². The van der Waals surface area contributed by atoms with E-state index in [4.69, 9.17) is 4.74 Å². The number of nitrogens with zero attached hydrogens (tertiary/aromatic N) is 1. The first-order valence-electron chi connectivity index (χ1n) is 8.18. The molecule has 0 radical (unpaired) electrons. The Kier molecular flexibility index (Phi) is 8.13. The van der Waals surface area contributed by atoms with Crippen LogP contribution in [-0.4, -0.2) is 16.1 Å². The van der Waals surface area contributed by atoms with Crippen molar-refractivity contribution in [2.45, 2.75) is 34.1 Å². The average molecular weight is 339 g/mol. The molecule has 0 saturated carbocycles. The third-order valence-electron chi connectivity index (χ3n) is 3.08. The molecule has 1 aromatic carbocycles. The Balaban J connectivity index is 0.000000970. The maximum Gasteiger partial charge on any atom is 0.339 e. The lowest BCUT2D eigenvalue weighted by Gasteiger charge is -2.10. The molecule has 4 nitrogen and oxygen atoms in total. The van der Waals surface area contributed by atoms with Gasteiger partial charge in [0.2, 0.25) is 0 Å². The zero-order valence-corrected chi connectivity index (χ0v) is 15.2. The van der Waals surface area contributed by atoms with Gasteiger partial charge in [-0.2, -0.15) is 0 Å². The van der Waals surface area contributed by atoms with Crippen molar-refractivity contribution >= 4 is 17.8 Å². The molecule has 2 rings (SSSR count). The average Bonchev–Trinajstić information content (AvgIpc) is 2.58. The summed E-state index contributed by atoms with van der Waals surface area (Å²) in [6, 6.07) is 8.61. The normalized spacial score (nSPS) is 10.5. The zero-order valence-electron chi connectivity index (χ0n) is 15.2. The van der Waals surface area contributed by atoms with Gasteiger partial charge in [0.1, 0.15) is 11.5 Å². The Morgan fingerprint density at radius 3 is 2.44 bits per heavy atom. The van der Waals surface area contributed by atoms with Crippen molar-refractivity contribution < 1.29 is 14.6 Å². The van der Waals surface area contributed by atoms with Gasteiger partial charge in [0.25, 0.3) is 0 Å². The fourth-order valence-electron chi connectivity index (χ4n) is 1.89. The van der Waals surface area contributed by atoms with Crippen LogP contribution in [0.4, 0.5) is 0 Å². The topological polar surface area (TPSA) is 59.4 Å². The maximum absolute atomic E-state index is 12.1. The number of ether oxygens (including phenoxy) is 1. The van der Waals surface area contributed by atoms with E-state index in [1.807, 2.05) is 6.92 Å². The molecule has 0 amide bonds. The van der Waals surface area contributed by atoms with Gasteiger partial charge in [-0.15, -0.1) is 0 Å². The summed E-state index contributed by atoms with van der Waals surface area (Å²) in [6.45, 7) is 11.5. The van der Waals surface area contributed by atoms with Gasteiger partial charge in [-0.1, -0.05) is 38.5 Å². The van der Waals surface area contributed by atoms with Crippen LogP contribution in [-0.2, 0) is 9.53 Å². The Morgan fingerprint density at radius 1 is 1.24 bits per heavy atom. The highest BCUT2D eigenvalue weighted by molar-refractivity contribution is 5.96. The predicted octanol–water partition coefficient (Wildman–Crippen LogP) is 5.13. The standard InChI is InChI=1S/C18H17NO3.C3H8/c1-12-4-5-17(20)16(10-12)14(3)22-18(21)13(2)11-15-6-8-19-9-7-15;1-3-2/h4-11,20H,3H2,1-2H3;3H2,1-2H3/b13-11+;. The van der Waals surface area contributed by atoms with Gasteiger partial charge in [-0.25, -0.2) is 4.79 Å². The molecule has 0 unspecified atom stereocenters. The van der Waals surface area contributed by atoms with Gasteiger partial charge in [-0.05, 0) is 49.8 Å². The molecule has 132 valence electrons. The minimum absolute atomic E-state index is 0.0270. The molecule has 0 spiro atoms. The van der Waals surface area contributed by atoms with E-state index < -0.39 is 5.97 Å². The molecule has 1 aromatic heterocycles. The lowest BCUT2D eigenvalue weighted by atomic mass is 10.1. The van der Waals surface area contributed by atoms with Gasteiger partial charge >= 0.3 is 5.97 Å². The van der Waals surface area contributed by atoms with Crippen LogP contribution in [0.3, 0.4) is 0 Å². The summed E-state index contributed by atoms with van der Waals surface area (Å²) >= 11 is 0. The number of hydrogen-bond acceptors (Lipinski definition) is 4. The molecule has 0 fully saturated rings. The van der Waals surface area contributed by atoms with Crippen LogP contribution >= 0.6 is 0 Å². The van der Waals surface area contributed by atoms with Gasteiger partial charge in [0.05, 0.1) is 5.56 Å². The number of phenols is 1. The second-order valence-electron chi connectivity index (χ2n) is 5.65. The predicted molar refractivity (Wildman–Crippen MR) is 102 cm³/mol. The molecule has 1 N–H and O–H groups in total. The van der Waals surface area contributed by atoms with Crippen molar-refractivity contribution in [1.29, 1.82) is 0 Å². The lowest BCUT2D eigenvalue weighted by molar-refractivity contribution is -0.132. The van der Waals surface area contributed by atoms with Crippen LogP contribution in [0.2, 0.25) is 0 Å². The number of phenolic OH excluding ortho intramolecular Hbond substituents is 1. The summed E-state index contributed by atoms with van der Waals surface area (Å²) in [5, 5.41) is 9.82. The summed E-state index contributed by atoms with van der Waals surface area (Å²) in [5.41, 5.74) is 2.63. The van der Waals surface area contributed by atoms with E-state index in [0.717, 1.165) is 11.1 Å². The van der Waals surface area contributed by atoms with Crippen molar-refractivity contribution in [2.75, 3.05) is 0 Å². The molecule has 0 aliphatic rings. The molecule has 0 saturated heterocycles. The number of aromatic hydroxyl groups is 1. The largest absolute Gasteiger partial charge is 0.507 e. The van der Waals surface area contributed by atoms with Gasteiger partial charge in [0.15, 0.2) is 0 Å². The first kappa shape index (κ1) is 20.2. The van der Waals surface area contributed by atoms with E-state index in [1.54, 1.807) is 55.7 Å². The monoisotopic (exact) mass is 339 g/mol. The minimum Gasteiger partial charge on any atom is -0.507 e. The summed E-state index contributed by atoms with van der Waals surface area (Å²) < 4.78 is 5.23. The molecule has 0 aliphatic carbocycles. The molecule has 1 heterocycles. The summed E-state index contributed by atoms with van der Waals surface area (Å²) in [7, 11) is 0. The Morgan fingerprint density at radius 2 is 1.84 bits per heavy atom. The smallest absolute Gasteiger partial charge is 0.339 e. The van der Waals surface area contributed by atoms with Crippen LogP contribution in [0, 0.1) is 6.92 Å². The number of aryl methyl sites for hydroxylation is 1. The number of carbonyl (C=O) groups excluding carboxylic acids is 1. The van der Waals surface area contributed by atoms with E-state index in [1.165, 1.54) is 6.42 Å². The summed E-state index contributed by atoms with van der Waals surface area (Å²) in [4.78, 5) is 16.0. The first-order chi connectivity index (χ1) is 11.9. The van der Waals surface area contributed by atoms with Crippen molar-refractivity contribution in [1.82, 2.24) is 4.98 Å².